The van der Waals surface area contributed by atoms with Crippen LogP contribution in [0.15, 0.2) is 30.5 Å². The predicted molar refractivity (Wildman–Crippen MR) is 75.5 cm³/mol. The highest BCUT2D eigenvalue weighted by Gasteiger charge is 2.13. The molecule has 21 heavy (non-hydrogen) atoms. The van der Waals surface area contributed by atoms with E-state index in [1.165, 1.54) is 13.2 Å². The molecular formula is C15H15FN2O3. The molecule has 3 rings (SSSR count). The van der Waals surface area contributed by atoms with Crippen molar-refractivity contribution in [2.75, 3.05) is 25.6 Å². The van der Waals surface area contributed by atoms with Crippen molar-refractivity contribution in [1.82, 2.24) is 4.98 Å². The Bertz CT molecular complexity index is 649. The average molecular weight is 290 g/mol. The molecule has 110 valence electrons. The van der Waals surface area contributed by atoms with Gasteiger partial charge in [-0.05, 0) is 12.1 Å². The van der Waals surface area contributed by atoms with E-state index in [9.17, 15) is 4.39 Å². The number of anilines is 1. The first-order chi connectivity index (χ1) is 10.3. The SMILES string of the molecule is COc1c(F)cccc1NCc1cc2c(cn1)OCCO2. The normalized spacial score (nSPS) is 12.9. The number of methoxy groups -OCH3 is 1. The van der Waals surface area contributed by atoms with Crippen LogP contribution in [-0.2, 0) is 6.54 Å². The summed E-state index contributed by atoms with van der Waals surface area (Å²) in [6.45, 7) is 1.49. The van der Waals surface area contributed by atoms with Gasteiger partial charge in [0.15, 0.2) is 23.1 Å². The van der Waals surface area contributed by atoms with Crippen molar-refractivity contribution < 1.29 is 18.6 Å². The maximum absolute atomic E-state index is 13.6. The minimum atomic E-state index is -0.405. The standard InChI is InChI=1S/C15H15FN2O3/c1-19-15-11(16)3-2-4-12(15)18-8-10-7-13-14(9-17-10)21-6-5-20-13/h2-4,7,9,18H,5-6,8H2,1H3. The summed E-state index contributed by atoms with van der Waals surface area (Å²) >= 11 is 0. The molecule has 0 spiro atoms. The van der Waals surface area contributed by atoms with Gasteiger partial charge in [0, 0.05) is 6.07 Å². The zero-order chi connectivity index (χ0) is 14.7. The molecule has 0 atom stereocenters. The molecule has 5 nitrogen and oxygen atoms in total. The number of para-hydroxylation sites is 1. The van der Waals surface area contributed by atoms with Crippen molar-refractivity contribution in [1.29, 1.82) is 0 Å². The molecule has 1 aliphatic heterocycles. The number of halogens is 1. The Kier molecular flexibility index (Phi) is 3.77. The first-order valence-electron chi connectivity index (χ1n) is 6.59. The van der Waals surface area contributed by atoms with Gasteiger partial charge in [0.25, 0.3) is 0 Å². The Morgan fingerprint density at radius 3 is 2.90 bits per heavy atom. The molecule has 0 fully saturated rings. The molecule has 6 heteroatoms. The summed E-state index contributed by atoms with van der Waals surface area (Å²) in [5.41, 5.74) is 1.35. The van der Waals surface area contributed by atoms with Crippen molar-refractivity contribution in [3.8, 4) is 17.2 Å². The quantitative estimate of drug-likeness (QED) is 0.938. The van der Waals surface area contributed by atoms with E-state index in [2.05, 4.69) is 10.3 Å². The molecule has 1 aromatic carbocycles. The van der Waals surface area contributed by atoms with Crippen LogP contribution >= 0.6 is 0 Å². The van der Waals surface area contributed by atoms with Crippen LogP contribution in [0.3, 0.4) is 0 Å². The van der Waals surface area contributed by atoms with Gasteiger partial charge in [-0.25, -0.2) is 4.39 Å². The molecule has 2 aromatic rings. The predicted octanol–water partition coefficient (Wildman–Crippen LogP) is 2.61. The highest BCUT2D eigenvalue weighted by atomic mass is 19.1. The van der Waals surface area contributed by atoms with E-state index in [4.69, 9.17) is 14.2 Å². The first-order valence-corrected chi connectivity index (χ1v) is 6.59. The van der Waals surface area contributed by atoms with E-state index in [1.54, 1.807) is 18.3 Å². The van der Waals surface area contributed by atoms with Crippen molar-refractivity contribution in [3.63, 3.8) is 0 Å². The maximum Gasteiger partial charge on any atom is 0.179 e. The largest absolute Gasteiger partial charge is 0.492 e. The fourth-order valence-corrected chi connectivity index (χ4v) is 2.13. The summed E-state index contributed by atoms with van der Waals surface area (Å²) in [5.74, 6) is 1.11. The number of hydrogen-bond acceptors (Lipinski definition) is 5. The number of fused-ring (bicyclic) bond motifs is 1. The second-order valence-corrected chi connectivity index (χ2v) is 4.49. The number of nitrogens with zero attached hydrogens (tertiary/aromatic N) is 1. The topological polar surface area (TPSA) is 52.6 Å². The molecule has 0 aliphatic carbocycles. The van der Waals surface area contributed by atoms with E-state index >= 15 is 0 Å². The molecule has 1 aliphatic rings. The lowest BCUT2D eigenvalue weighted by atomic mass is 10.2. The number of nitrogens with one attached hydrogen (secondary N) is 1. The third-order valence-corrected chi connectivity index (χ3v) is 3.12. The van der Waals surface area contributed by atoms with Crippen LogP contribution in [0.5, 0.6) is 17.2 Å². The highest BCUT2D eigenvalue weighted by Crippen LogP contribution is 2.30. The van der Waals surface area contributed by atoms with Crippen LogP contribution in [0, 0.1) is 5.82 Å². The number of aromatic nitrogens is 1. The minimum Gasteiger partial charge on any atom is -0.492 e. The molecule has 2 heterocycles. The Morgan fingerprint density at radius 1 is 1.29 bits per heavy atom. The third kappa shape index (κ3) is 2.84. The summed E-state index contributed by atoms with van der Waals surface area (Å²) in [6.07, 6.45) is 1.63. The van der Waals surface area contributed by atoms with E-state index in [-0.39, 0.29) is 5.75 Å². The molecule has 0 unspecified atom stereocenters. The average Bonchev–Trinajstić information content (AvgIpc) is 2.52. The Balaban J connectivity index is 1.75. The fourth-order valence-electron chi connectivity index (χ4n) is 2.13. The summed E-state index contributed by atoms with van der Waals surface area (Å²) in [6, 6.07) is 6.54. The van der Waals surface area contributed by atoms with Gasteiger partial charge in [-0.3, -0.25) is 4.98 Å². The van der Waals surface area contributed by atoms with Crippen LogP contribution in [0.25, 0.3) is 0 Å². The van der Waals surface area contributed by atoms with Crippen molar-refractivity contribution in [2.45, 2.75) is 6.54 Å². The lowest BCUT2D eigenvalue weighted by Crippen LogP contribution is -2.16. The van der Waals surface area contributed by atoms with Crippen molar-refractivity contribution in [2.24, 2.45) is 0 Å². The maximum atomic E-state index is 13.6. The first kappa shape index (κ1) is 13.5. The Labute approximate surface area is 121 Å². The van der Waals surface area contributed by atoms with Crippen LogP contribution in [0.4, 0.5) is 10.1 Å². The van der Waals surface area contributed by atoms with Gasteiger partial charge in [-0.2, -0.15) is 0 Å². The Morgan fingerprint density at radius 2 is 2.10 bits per heavy atom. The molecule has 0 amide bonds. The van der Waals surface area contributed by atoms with Crippen molar-refractivity contribution >= 4 is 5.69 Å². The van der Waals surface area contributed by atoms with E-state index in [0.29, 0.717) is 36.9 Å². The summed E-state index contributed by atoms with van der Waals surface area (Å²) < 4.78 is 29.6. The molecular weight excluding hydrogens is 275 g/mol. The highest BCUT2D eigenvalue weighted by molar-refractivity contribution is 5.57. The van der Waals surface area contributed by atoms with E-state index < -0.39 is 5.82 Å². The van der Waals surface area contributed by atoms with Gasteiger partial charge in [0.1, 0.15) is 13.2 Å². The van der Waals surface area contributed by atoms with Gasteiger partial charge in [-0.15, -0.1) is 0 Å². The molecule has 0 radical (unpaired) electrons. The number of benzene rings is 1. The minimum absolute atomic E-state index is 0.190. The molecule has 0 saturated heterocycles. The zero-order valence-electron chi connectivity index (χ0n) is 11.6. The van der Waals surface area contributed by atoms with Gasteiger partial charge >= 0.3 is 0 Å². The molecule has 1 N–H and O–H groups in total. The number of hydrogen-bond donors (Lipinski definition) is 1. The molecule has 0 bridgehead atoms. The fraction of sp³-hybridized carbons (Fsp3) is 0.267. The van der Waals surface area contributed by atoms with Crippen molar-refractivity contribution in [3.05, 3.63) is 42.0 Å². The van der Waals surface area contributed by atoms with Crippen LogP contribution in [0.2, 0.25) is 0 Å². The second-order valence-electron chi connectivity index (χ2n) is 4.49. The van der Waals surface area contributed by atoms with Gasteiger partial charge in [0.05, 0.1) is 31.2 Å². The summed E-state index contributed by atoms with van der Waals surface area (Å²) in [5, 5.41) is 3.10. The molecule has 0 saturated carbocycles. The summed E-state index contributed by atoms with van der Waals surface area (Å²) in [7, 11) is 1.44. The monoisotopic (exact) mass is 290 g/mol. The lowest BCUT2D eigenvalue weighted by molar-refractivity contribution is 0.170. The van der Waals surface area contributed by atoms with E-state index in [1.807, 2.05) is 6.07 Å². The number of pyridine rings is 1. The van der Waals surface area contributed by atoms with Crippen LogP contribution in [0.1, 0.15) is 5.69 Å². The zero-order valence-corrected chi connectivity index (χ0v) is 11.6. The number of ether oxygens (including phenoxy) is 3. The van der Waals surface area contributed by atoms with Gasteiger partial charge in [0.2, 0.25) is 0 Å². The third-order valence-electron chi connectivity index (χ3n) is 3.12. The summed E-state index contributed by atoms with van der Waals surface area (Å²) in [4.78, 5) is 4.28. The lowest BCUT2D eigenvalue weighted by Gasteiger charge is -2.18. The van der Waals surface area contributed by atoms with Gasteiger partial charge < -0.3 is 19.5 Å². The van der Waals surface area contributed by atoms with Gasteiger partial charge in [-0.1, -0.05) is 6.07 Å². The molecule has 1 aromatic heterocycles. The van der Waals surface area contributed by atoms with E-state index in [0.717, 1.165) is 5.69 Å². The van der Waals surface area contributed by atoms with Crippen LogP contribution in [-0.4, -0.2) is 25.3 Å². The van der Waals surface area contributed by atoms with Crippen LogP contribution < -0.4 is 19.5 Å². The number of rotatable bonds is 4. The Hall–Kier alpha value is -2.50. The smallest absolute Gasteiger partial charge is 0.179 e. The second kappa shape index (κ2) is 5.87.